The first-order valence-electron chi connectivity index (χ1n) is 11.6. The maximum atomic E-state index is 13.2. The van der Waals surface area contributed by atoms with Crippen molar-refractivity contribution in [3.05, 3.63) is 53.9 Å². The van der Waals surface area contributed by atoms with Crippen molar-refractivity contribution in [1.29, 1.82) is 0 Å². The summed E-state index contributed by atoms with van der Waals surface area (Å²) >= 11 is 0. The highest BCUT2D eigenvalue weighted by Crippen LogP contribution is 2.28. The van der Waals surface area contributed by atoms with Crippen LogP contribution in [0.3, 0.4) is 0 Å². The molecule has 0 radical (unpaired) electrons. The Labute approximate surface area is 197 Å². The number of imidazole rings is 1. The van der Waals surface area contributed by atoms with Crippen molar-refractivity contribution in [2.24, 2.45) is 0 Å². The van der Waals surface area contributed by atoms with E-state index in [9.17, 15) is 9.59 Å². The van der Waals surface area contributed by atoms with Gasteiger partial charge in [-0.2, -0.15) is 0 Å². The molecule has 0 saturated heterocycles. The lowest BCUT2D eigenvalue weighted by Gasteiger charge is -2.29. The summed E-state index contributed by atoms with van der Waals surface area (Å²) in [5.74, 6) is 0.0500. The lowest BCUT2D eigenvalue weighted by molar-refractivity contribution is 0.0891. The number of fused-ring (bicyclic) bond motifs is 4. The molecule has 1 aliphatic rings. The van der Waals surface area contributed by atoms with Crippen LogP contribution < -0.4 is 10.6 Å². The molecule has 2 atom stereocenters. The molecule has 0 fully saturated rings. The zero-order valence-corrected chi connectivity index (χ0v) is 19.9. The van der Waals surface area contributed by atoms with Crippen molar-refractivity contribution >= 4 is 39.8 Å². The van der Waals surface area contributed by atoms with Gasteiger partial charge in [-0.15, -0.1) is 0 Å². The number of nitrogens with one attached hydrogen (secondary N) is 2. The summed E-state index contributed by atoms with van der Waals surface area (Å²) < 4.78 is 3.97. The number of pyridine rings is 1. The zero-order chi connectivity index (χ0) is 24.0. The summed E-state index contributed by atoms with van der Waals surface area (Å²) in [6.07, 6.45) is 0.925. The van der Waals surface area contributed by atoms with Crippen molar-refractivity contribution < 1.29 is 9.59 Å². The van der Waals surface area contributed by atoms with E-state index in [1.165, 1.54) is 0 Å². The summed E-state index contributed by atoms with van der Waals surface area (Å²) in [5, 5.41) is 6.78. The number of para-hydroxylation sites is 2. The van der Waals surface area contributed by atoms with Crippen LogP contribution in [0, 0.1) is 0 Å². The van der Waals surface area contributed by atoms with E-state index in [1.807, 2.05) is 73.5 Å². The summed E-state index contributed by atoms with van der Waals surface area (Å²) in [6.45, 7) is 5.67. The third-order valence-electron chi connectivity index (χ3n) is 6.51. The summed E-state index contributed by atoms with van der Waals surface area (Å²) in [6, 6.07) is 13.2. The predicted octanol–water partition coefficient (Wildman–Crippen LogP) is 3.28. The van der Waals surface area contributed by atoms with Gasteiger partial charge in [0.1, 0.15) is 17.0 Å². The number of aryl methyl sites for hydroxylation is 1. The molecule has 5 rings (SSSR count). The number of carbonyl (C=O) groups excluding carboxylic acids is 2. The summed E-state index contributed by atoms with van der Waals surface area (Å²) in [4.78, 5) is 37.2. The number of nitrogens with zero attached hydrogens (tertiary/aromatic N) is 5. The van der Waals surface area contributed by atoms with Gasteiger partial charge in [0.05, 0.1) is 17.1 Å². The maximum absolute atomic E-state index is 13.2. The Morgan fingerprint density at radius 2 is 1.94 bits per heavy atom. The molecule has 2 amide bonds. The van der Waals surface area contributed by atoms with Gasteiger partial charge in [-0.25, -0.2) is 9.97 Å². The SMILES string of the molecule is CC1NC(=O)c2cc3ccc(C(=O)Nc4nc5ccccc5n4CCCN(C)C)nc3n2C1C. The van der Waals surface area contributed by atoms with Gasteiger partial charge in [0.25, 0.3) is 11.8 Å². The third-order valence-corrected chi connectivity index (χ3v) is 6.51. The second-order valence-corrected chi connectivity index (χ2v) is 9.20. The van der Waals surface area contributed by atoms with E-state index < -0.39 is 0 Å². The molecule has 9 nitrogen and oxygen atoms in total. The van der Waals surface area contributed by atoms with Crippen molar-refractivity contribution in [3.8, 4) is 0 Å². The Morgan fingerprint density at radius 1 is 1.15 bits per heavy atom. The first-order valence-corrected chi connectivity index (χ1v) is 11.6. The van der Waals surface area contributed by atoms with E-state index in [2.05, 4.69) is 25.5 Å². The number of hydrogen-bond acceptors (Lipinski definition) is 5. The highest BCUT2D eigenvalue weighted by atomic mass is 16.2. The summed E-state index contributed by atoms with van der Waals surface area (Å²) in [5.41, 5.74) is 3.30. The molecule has 0 aliphatic carbocycles. The van der Waals surface area contributed by atoms with Crippen LogP contribution in [0.5, 0.6) is 0 Å². The van der Waals surface area contributed by atoms with Crippen LogP contribution in [-0.2, 0) is 6.54 Å². The average Bonchev–Trinajstić information content (AvgIpc) is 3.36. The predicted molar refractivity (Wildman–Crippen MR) is 132 cm³/mol. The molecule has 4 heterocycles. The van der Waals surface area contributed by atoms with Gasteiger partial charge < -0.3 is 19.4 Å². The van der Waals surface area contributed by atoms with Crippen LogP contribution in [0.1, 0.15) is 47.3 Å². The number of amides is 2. The number of carbonyl (C=O) groups is 2. The molecule has 2 N–H and O–H groups in total. The zero-order valence-electron chi connectivity index (χ0n) is 19.9. The fourth-order valence-electron chi connectivity index (χ4n) is 4.54. The lowest BCUT2D eigenvalue weighted by atomic mass is 10.1. The number of benzene rings is 1. The first-order chi connectivity index (χ1) is 16.3. The van der Waals surface area contributed by atoms with Gasteiger partial charge in [0.15, 0.2) is 0 Å². The van der Waals surface area contributed by atoms with Gasteiger partial charge in [0.2, 0.25) is 5.95 Å². The normalized spacial score (nSPS) is 17.9. The molecule has 9 heteroatoms. The van der Waals surface area contributed by atoms with Crippen molar-refractivity contribution in [2.45, 2.75) is 38.9 Å². The van der Waals surface area contributed by atoms with Crippen LogP contribution in [0.25, 0.3) is 22.1 Å². The minimum Gasteiger partial charge on any atom is -0.346 e. The molecule has 1 aliphatic heterocycles. The van der Waals surface area contributed by atoms with E-state index in [4.69, 9.17) is 0 Å². The van der Waals surface area contributed by atoms with E-state index >= 15 is 0 Å². The Morgan fingerprint density at radius 3 is 2.74 bits per heavy atom. The van der Waals surface area contributed by atoms with Crippen LogP contribution >= 0.6 is 0 Å². The highest BCUT2D eigenvalue weighted by molar-refractivity contribution is 6.05. The molecule has 3 aromatic heterocycles. The quantitative estimate of drug-likeness (QED) is 0.461. The molecular weight excluding hydrogens is 430 g/mol. The van der Waals surface area contributed by atoms with Crippen LogP contribution in [0.2, 0.25) is 0 Å². The highest BCUT2D eigenvalue weighted by Gasteiger charge is 2.30. The Kier molecular flexibility index (Phi) is 5.57. The summed E-state index contributed by atoms with van der Waals surface area (Å²) in [7, 11) is 4.09. The molecule has 176 valence electrons. The van der Waals surface area contributed by atoms with Gasteiger partial charge in [-0.1, -0.05) is 12.1 Å². The standard InChI is InChI=1S/C25H29N7O2/c1-15-16(2)32-21(24(34)26-15)14-17-10-11-19(27-22(17)32)23(33)29-25-28-18-8-5-6-9-20(18)31(25)13-7-12-30(3)4/h5-6,8-11,14-16H,7,12-13H2,1-4H3,(H,26,34)(H,28,29,33). The van der Waals surface area contributed by atoms with Gasteiger partial charge in [-0.05, 0) is 71.2 Å². The fraction of sp³-hybridized carbons (Fsp3) is 0.360. The monoisotopic (exact) mass is 459 g/mol. The second kappa shape index (κ2) is 8.57. The average molecular weight is 460 g/mol. The fourth-order valence-corrected chi connectivity index (χ4v) is 4.54. The Balaban J connectivity index is 1.48. The van der Waals surface area contributed by atoms with Crippen LogP contribution in [-0.4, -0.2) is 62.5 Å². The van der Waals surface area contributed by atoms with E-state index in [0.29, 0.717) is 17.3 Å². The lowest BCUT2D eigenvalue weighted by Crippen LogP contribution is -2.44. The van der Waals surface area contributed by atoms with Crippen molar-refractivity contribution in [2.75, 3.05) is 26.0 Å². The molecule has 0 saturated carbocycles. The van der Waals surface area contributed by atoms with Crippen molar-refractivity contribution in [3.63, 3.8) is 0 Å². The molecule has 0 spiro atoms. The minimum absolute atomic E-state index is 0.0249. The van der Waals surface area contributed by atoms with Crippen molar-refractivity contribution in [1.82, 2.24) is 29.3 Å². The van der Waals surface area contributed by atoms with Gasteiger partial charge in [-0.3, -0.25) is 14.9 Å². The molecule has 2 unspecified atom stereocenters. The van der Waals surface area contributed by atoms with Gasteiger partial charge in [0, 0.05) is 18.0 Å². The van der Waals surface area contributed by atoms with Gasteiger partial charge >= 0.3 is 0 Å². The number of aromatic nitrogens is 4. The number of rotatable bonds is 6. The molecule has 4 aromatic rings. The molecule has 1 aromatic carbocycles. The first kappa shape index (κ1) is 22.1. The molecule has 0 bridgehead atoms. The second-order valence-electron chi connectivity index (χ2n) is 9.20. The number of hydrogen-bond donors (Lipinski definition) is 2. The smallest absolute Gasteiger partial charge is 0.276 e. The molecule has 34 heavy (non-hydrogen) atoms. The van der Waals surface area contributed by atoms with E-state index in [0.717, 1.165) is 35.9 Å². The largest absolute Gasteiger partial charge is 0.346 e. The van der Waals surface area contributed by atoms with E-state index in [1.54, 1.807) is 6.07 Å². The maximum Gasteiger partial charge on any atom is 0.276 e. The minimum atomic E-state index is -0.331. The van der Waals surface area contributed by atoms with Crippen LogP contribution in [0.4, 0.5) is 5.95 Å². The Bertz CT molecular complexity index is 1400. The topological polar surface area (TPSA) is 97.1 Å². The Hall–Kier alpha value is -3.72. The molecular formula is C25H29N7O2. The number of anilines is 1. The van der Waals surface area contributed by atoms with Crippen LogP contribution in [0.15, 0.2) is 42.5 Å². The third kappa shape index (κ3) is 3.81. The van der Waals surface area contributed by atoms with E-state index in [-0.39, 0.29) is 29.6 Å².